The Labute approximate surface area is 115 Å². The van der Waals surface area contributed by atoms with Crippen LogP contribution in [0.3, 0.4) is 0 Å². The maximum absolute atomic E-state index is 6.23. The molecular weight excluding hydrogens is 246 g/mol. The van der Waals surface area contributed by atoms with Crippen LogP contribution in [0.15, 0.2) is 24.3 Å². The van der Waals surface area contributed by atoms with E-state index in [1.807, 2.05) is 12.1 Å². The van der Waals surface area contributed by atoms with Gasteiger partial charge in [0.05, 0.1) is 10.7 Å². The fourth-order valence-corrected chi connectivity index (χ4v) is 2.59. The molecule has 1 aromatic carbocycles. The van der Waals surface area contributed by atoms with Gasteiger partial charge in [-0.05, 0) is 18.7 Å². The van der Waals surface area contributed by atoms with E-state index in [0.717, 1.165) is 50.8 Å². The molecule has 0 amide bonds. The summed E-state index contributed by atoms with van der Waals surface area (Å²) >= 11 is 6.23. The van der Waals surface area contributed by atoms with E-state index in [4.69, 9.17) is 11.6 Å². The summed E-state index contributed by atoms with van der Waals surface area (Å²) < 4.78 is 0. The molecule has 0 spiro atoms. The molecule has 1 N–H and O–H groups in total. The highest BCUT2D eigenvalue weighted by atomic mass is 35.5. The van der Waals surface area contributed by atoms with Gasteiger partial charge < -0.3 is 10.2 Å². The summed E-state index contributed by atoms with van der Waals surface area (Å²) in [6.07, 6.45) is 0. The summed E-state index contributed by atoms with van der Waals surface area (Å²) in [6, 6.07) is 8.11. The molecular formula is C14H22ClN3. The number of nitrogens with zero attached hydrogens (tertiary/aromatic N) is 2. The van der Waals surface area contributed by atoms with Gasteiger partial charge in [-0.1, -0.05) is 30.7 Å². The van der Waals surface area contributed by atoms with Gasteiger partial charge >= 0.3 is 0 Å². The van der Waals surface area contributed by atoms with Gasteiger partial charge in [-0.25, -0.2) is 0 Å². The zero-order chi connectivity index (χ0) is 12.8. The van der Waals surface area contributed by atoms with Gasteiger partial charge in [0.15, 0.2) is 0 Å². The Bertz CT molecular complexity index is 362. The van der Waals surface area contributed by atoms with Crippen molar-refractivity contribution in [1.29, 1.82) is 0 Å². The van der Waals surface area contributed by atoms with Crippen molar-refractivity contribution < 1.29 is 0 Å². The smallest absolute Gasteiger partial charge is 0.0639 e. The van der Waals surface area contributed by atoms with E-state index in [0.29, 0.717) is 0 Å². The van der Waals surface area contributed by atoms with Gasteiger partial charge in [0.25, 0.3) is 0 Å². The molecule has 4 heteroatoms. The van der Waals surface area contributed by atoms with Crippen LogP contribution in [-0.4, -0.2) is 50.7 Å². The summed E-state index contributed by atoms with van der Waals surface area (Å²) in [6.45, 7) is 9.81. The average molecular weight is 268 g/mol. The molecule has 1 aliphatic heterocycles. The Hall–Kier alpha value is -0.770. The average Bonchev–Trinajstić information content (AvgIpc) is 2.41. The Morgan fingerprint density at radius 1 is 1.17 bits per heavy atom. The summed E-state index contributed by atoms with van der Waals surface area (Å²) in [4.78, 5) is 4.89. The molecule has 0 atom stereocenters. The molecule has 18 heavy (non-hydrogen) atoms. The predicted octanol–water partition coefficient (Wildman–Crippen LogP) is 2.07. The summed E-state index contributed by atoms with van der Waals surface area (Å²) in [5.41, 5.74) is 1.17. The van der Waals surface area contributed by atoms with Gasteiger partial charge in [-0.2, -0.15) is 0 Å². The predicted molar refractivity (Wildman–Crippen MR) is 78.6 cm³/mol. The lowest BCUT2D eigenvalue weighted by Gasteiger charge is -2.36. The molecule has 1 saturated heterocycles. The maximum atomic E-state index is 6.23. The SMILES string of the molecule is CCNCCN1CCN(c2ccccc2Cl)CC1. The number of anilines is 1. The zero-order valence-corrected chi connectivity index (χ0v) is 11.8. The molecule has 0 bridgehead atoms. The Morgan fingerprint density at radius 3 is 2.56 bits per heavy atom. The van der Waals surface area contributed by atoms with Crippen molar-refractivity contribution in [1.82, 2.24) is 10.2 Å². The number of hydrogen-bond donors (Lipinski definition) is 1. The molecule has 2 rings (SSSR count). The molecule has 3 nitrogen and oxygen atoms in total. The lowest BCUT2D eigenvalue weighted by Crippen LogP contribution is -2.48. The van der Waals surface area contributed by atoms with E-state index in [-0.39, 0.29) is 0 Å². The summed E-state index contributed by atoms with van der Waals surface area (Å²) in [5.74, 6) is 0. The number of para-hydroxylation sites is 1. The molecule has 0 saturated carbocycles. The van der Waals surface area contributed by atoms with Crippen molar-refractivity contribution in [2.45, 2.75) is 6.92 Å². The molecule has 0 radical (unpaired) electrons. The van der Waals surface area contributed by atoms with Gasteiger partial charge in [0.1, 0.15) is 0 Å². The van der Waals surface area contributed by atoms with Crippen LogP contribution >= 0.6 is 11.6 Å². The maximum Gasteiger partial charge on any atom is 0.0639 e. The summed E-state index contributed by atoms with van der Waals surface area (Å²) in [5, 5.41) is 4.23. The summed E-state index contributed by atoms with van der Waals surface area (Å²) in [7, 11) is 0. The number of hydrogen-bond acceptors (Lipinski definition) is 3. The van der Waals surface area contributed by atoms with E-state index in [9.17, 15) is 0 Å². The van der Waals surface area contributed by atoms with Crippen LogP contribution in [0.5, 0.6) is 0 Å². The molecule has 1 heterocycles. The van der Waals surface area contributed by atoms with E-state index in [1.54, 1.807) is 0 Å². The van der Waals surface area contributed by atoms with Gasteiger partial charge in [0.2, 0.25) is 0 Å². The van der Waals surface area contributed by atoms with Crippen molar-refractivity contribution in [3.63, 3.8) is 0 Å². The molecule has 1 aromatic rings. The number of rotatable bonds is 5. The fourth-order valence-electron chi connectivity index (χ4n) is 2.33. The minimum Gasteiger partial charge on any atom is -0.368 e. The minimum absolute atomic E-state index is 0.860. The lowest BCUT2D eigenvalue weighted by molar-refractivity contribution is 0.258. The van der Waals surface area contributed by atoms with Crippen LogP contribution in [-0.2, 0) is 0 Å². The highest BCUT2D eigenvalue weighted by molar-refractivity contribution is 6.33. The van der Waals surface area contributed by atoms with Crippen molar-refractivity contribution >= 4 is 17.3 Å². The highest BCUT2D eigenvalue weighted by Crippen LogP contribution is 2.25. The monoisotopic (exact) mass is 267 g/mol. The van der Waals surface area contributed by atoms with E-state index >= 15 is 0 Å². The van der Waals surface area contributed by atoms with Crippen molar-refractivity contribution in [3.8, 4) is 0 Å². The number of nitrogens with one attached hydrogen (secondary N) is 1. The highest BCUT2D eigenvalue weighted by Gasteiger charge is 2.17. The van der Waals surface area contributed by atoms with Crippen LogP contribution in [0.1, 0.15) is 6.92 Å². The second-order valence-corrected chi connectivity index (χ2v) is 5.04. The van der Waals surface area contributed by atoms with E-state index < -0.39 is 0 Å². The normalized spacial score (nSPS) is 17.1. The first-order valence-corrected chi connectivity index (χ1v) is 7.11. The quantitative estimate of drug-likeness (QED) is 0.824. The van der Waals surface area contributed by atoms with Crippen molar-refractivity contribution in [2.75, 3.05) is 50.7 Å². The molecule has 0 unspecified atom stereocenters. The van der Waals surface area contributed by atoms with Gasteiger partial charge in [-0.15, -0.1) is 0 Å². The van der Waals surface area contributed by atoms with Crippen LogP contribution < -0.4 is 10.2 Å². The second-order valence-electron chi connectivity index (χ2n) is 4.63. The standard InChI is InChI=1S/C14H22ClN3/c1-2-16-7-8-17-9-11-18(12-10-17)14-6-4-3-5-13(14)15/h3-6,16H,2,7-12H2,1H3. The lowest BCUT2D eigenvalue weighted by atomic mass is 10.2. The topological polar surface area (TPSA) is 18.5 Å². The fraction of sp³-hybridized carbons (Fsp3) is 0.571. The first-order chi connectivity index (χ1) is 8.81. The minimum atomic E-state index is 0.860. The van der Waals surface area contributed by atoms with Crippen LogP contribution in [0.2, 0.25) is 5.02 Å². The number of piperazine rings is 1. The van der Waals surface area contributed by atoms with E-state index in [1.165, 1.54) is 5.69 Å². The second kappa shape index (κ2) is 6.98. The van der Waals surface area contributed by atoms with Crippen LogP contribution in [0.25, 0.3) is 0 Å². The largest absolute Gasteiger partial charge is 0.368 e. The number of halogens is 1. The Kier molecular flexibility index (Phi) is 5.29. The molecule has 0 aliphatic carbocycles. The Morgan fingerprint density at radius 2 is 1.89 bits per heavy atom. The first kappa shape index (κ1) is 13.7. The van der Waals surface area contributed by atoms with Gasteiger partial charge in [0, 0.05) is 39.3 Å². The van der Waals surface area contributed by atoms with Gasteiger partial charge in [-0.3, -0.25) is 4.90 Å². The zero-order valence-electron chi connectivity index (χ0n) is 11.0. The molecule has 1 aliphatic rings. The van der Waals surface area contributed by atoms with Crippen molar-refractivity contribution in [2.24, 2.45) is 0 Å². The third-order valence-corrected chi connectivity index (χ3v) is 3.74. The molecule has 1 fully saturated rings. The third kappa shape index (κ3) is 3.61. The van der Waals surface area contributed by atoms with E-state index in [2.05, 4.69) is 34.2 Å². The molecule has 0 aromatic heterocycles. The first-order valence-electron chi connectivity index (χ1n) is 6.74. The van der Waals surface area contributed by atoms with Crippen LogP contribution in [0, 0.1) is 0 Å². The molecule has 100 valence electrons. The number of likely N-dealkylation sites (N-methyl/N-ethyl adjacent to an activating group) is 1. The van der Waals surface area contributed by atoms with Crippen molar-refractivity contribution in [3.05, 3.63) is 29.3 Å². The van der Waals surface area contributed by atoms with Crippen LogP contribution in [0.4, 0.5) is 5.69 Å². The number of benzene rings is 1. The third-order valence-electron chi connectivity index (χ3n) is 3.42. The Balaban J connectivity index is 1.81.